The van der Waals surface area contributed by atoms with Crippen molar-refractivity contribution in [3.8, 4) is 6.07 Å². The van der Waals surface area contributed by atoms with E-state index in [-0.39, 0.29) is 11.8 Å². The van der Waals surface area contributed by atoms with Crippen LogP contribution in [0, 0.1) is 34.0 Å². The lowest BCUT2D eigenvalue weighted by Crippen LogP contribution is -2.49. The van der Waals surface area contributed by atoms with Crippen LogP contribution in [0.1, 0.15) is 55.9 Å². The SMILES string of the molecule is C=C(Cc1ccc2cc(CC)ccc2c1)O[C@H]1C[C@@]2(C)C[C@]1(C)[C@H](C=O)[C@@H]2C(=O)N(C)c1ccc(C#N)c(C(F)(F)F)c1. The lowest BCUT2D eigenvalue weighted by Gasteiger charge is -2.43. The fraction of sp³-hybridized carbons (Fsp3) is 0.400. The van der Waals surface area contributed by atoms with E-state index < -0.39 is 45.9 Å². The molecule has 0 saturated heterocycles. The molecule has 0 aliphatic heterocycles. The van der Waals surface area contributed by atoms with Gasteiger partial charge in [-0.15, -0.1) is 0 Å². The number of halogens is 3. The summed E-state index contributed by atoms with van der Waals surface area (Å²) in [7, 11) is 1.41. The number of hydrogen-bond acceptors (Lipinski definition) is 4. The standard InChI is InChI=1S/C35H35F3N2O3/c1-6-22-7-9-25-15-23(8-10-24(25)14-22)13-21(2)43-30-17-33(3)20-34(30,4)29(19-41)31(33)32(42)40(5)27-12-11-26(18-39)28(16-27)35(36,37)38/h7-12,14-16,19,29-31H,2,6,13,17,20H2,1,3-5H3/t29-,30+,31-,33+,34-/m1/s1. The third kappa shape index (κ3) is 5.30. The third-order valence-corrected chi connectivity index (χ3v) is 9.69. The van der Waals surface area contributed by atoms with Crippen LogP contribution in [0.25, 0.3) is 10.8 Å². The molecule has 0 N–H and O–H groups in total. The van der Waals surface area contributed by atoms with Gasteiger partial charge in [0.2, 0.25) is 5.91 Å². The molecule has 5 atom stereocenters. The van der Waals surface area contributed by atoms with E-state index in [0.717, 1.165) is 35.8 Å². The number of nitrogens with zero attached hydrogens (tertiary/aromatic N) is 2. The first-order valence-electron chi connectivity index (χ1n) is 14.4. The predicted molar refractivity (Wildman–Crippen MR) is 159 cm³/mol. The number of ether oxygens (including phenoxy) is 1. The average molecular weight is 589 g/mol. The van der Waals surface area contributed by atoms with Gasteiger partial charge in [0.05, 0.1) is 28.9 Å². The van der Waals surface area contributed by atoms with E-state index in [1.165, 1.54) is 29.0 Å². The van der Waals surface area contributed by atoms with Gasteiger partial charge < -0.3 is 14.4 Å². The Kier molecular flexibility index (Phi) is 7.66. The number of alkyl halides is 3. The Bertz CT molecular complexity index is 1660. The maximum absolute atomic E-state index is 13.8. The summed E-state index contributed by atoms with van der Waals surface area (Å²) in [5, 5.41) is 11.4. The van der Waals surface area contributed by atoms with Crippen molar-refractivity contribution in [2.24, 2.45) is 22.7 Å². The van der Waals surface area contributed by atoms with Gasteiger partial charge in [0.25, 0.3) is 0 Å². The number of aryl methyl sites for hydroxylation is 1. The lowest BCUT2D eigenvalue weighted by molar-refractivity contribution is -0.138. The Hall–Kier alpha value is -4.12. The molecule has 0 spiro atoms. The molecule has 5 rings (SSSR count). The Morgan fingerprint density at radius 3 is 2.37 bits per heavy atom. The topological polar surface area (TPSA) is 70.4 Å². The van der Waals surface area contributed by atoms with Crippen molar-refractivity contribution in [3.63, 3.8) is 0 Å². The smallest absolute Gasteiger partial charge is 0.417 e. The third-order valence-electron chi connectivity index (χ3n) is 9.69. The summed E-state index contributed by atoms with van der Waals surface area (Å²) in [5.74, 6) is -1.27. The van der Waals surface area contributed by atoms with Crippen LogP contribution in [0.2, 0.25) is 0 Å². The van der Waals surface area contributed by atoms with E-state index in [0.29, 0.717) is 25.0 Å². The van der Waals surface area contributed by atoms with Crippen LogP contribution < -0.4 is 4.90 Å². The van der Waals surface area contributed by atoms with Gasteiger partial charge in [-0.1, -0.05) is 63.7 Å². The highest BCUT2D eigenvalue weighted by Gasteiger charge is 2.69. The molecule has 2 fully saturated rings. The second-order valence-electron chi connectivity index (χ2n) is 12.6. The summed E-state index contributed by atoms with van der Waals surface area (Å²) in [6.07, 6.45) is -1.74. The quantitative estimate of drug-likeness (QED) is 0.200. The fourth-order valence-electron chi connectivity index (χ4n) is 7.51. The minimum atomic E-state index is -4.75. The van der Waals surface area contributed by atoms with Gasteiger partial charge in [-0.3, -0.25) is 4.79 Å². The van der Waals surface area contributed by atoms with Crippen molar-refractivity contribution in [2.45, 2.75) is 58.7 Å². The average Bonchev–Trinajstić information content (AvgIpc) is 3.36. The molecular weight excluding hydrogens is 553 g/mol. The number of benzene rings is 3. The van der Waals surface area contributed by atoms with Crippen molar-refractivity contribution in [1.82, 2.24) is 0 Å². The molecule has 0 aromatic heterocycles. The molecule has 0 radical (unpaired) electrons. The Balaban J connectivity index is 1.33. The molecule has 2 bridgehead atoms. The number of allylic oxidation sites excluding steroid dienone is 1. The number of aldehydes is 1. The maximum Gasteiger partial charge on any atom is 0.417 e. The second-order valence-corrected chi connectivity index (χ2v) is 12.6. The van der Waals surface area contributed by atoms with Crippen LogP contribution in [-0.2, 0) is 33.3 Å². The minimum absolute atomic E-state index is 0.0139. The molecule has 2 aliphatic rings. The van der Waals surface area contributed by atoms with E-state index >= 15 is 0 Å². The van der Waals surface area contributed by atoms with Crippen molar-refractivity contribution in [3.05, 3.63) is 89.2 Å². The molecule has 8 heteroatoms. The summed E-state index contributed by atoms with van der Waals surface area (Å²) in [6.45, 7) is 10.2. The zero-order valence-corrected chi connectivity index (χ0v) is 24.8. The van der Waals surface area contributed by atoms with E-state index in [1.807, 2.05) is 13.8 Å². The number of carbonyl (C=O) groups is 2. The number of carbonyl (C=O) groups excluding carboxylic acids is 2. The molecule has 0 unspecified atom stereocenters. The highest BCUT2D eigenvalue weighted by atomic mass is 19.4. The number of fused-ring (bicyclic) bond motifs is 3. The zero-order chi connectivity index (χ0) is 31.3. The first-order valence-corrected chi connectivity index (χ1v) is 14.4. The molecule has 5 nitrogen and oxygen atoms in total. The summed E-state index contributed by atoms with van der Waals surface area (Å²) < 4.78 is 47.2. The normalized spacial score (nSPS) is 26.2. The number of rotatable bonds is 8. The van der Waals surface area contributed by atoms with Crippen molar-refractivity contribution < 1.29 is 27.5 Å². The van der Waals surface area contributed by atoms with Crippen LogP contribution in [0.3, 0.4) is 0 Å². The van der Waals surface area contributed by atoms with Crippen LogP contribution >= 0.6 is 0 Å². The van der Waals surface area contributed by atoms with Crippen LogP contribution in [-0.4, -0.2) is 25.3 Å². The Labute approximate surface area is 249 Å². The zero-order valence-electron chi connectivity index (χ0n) is 24.8. The summed E-state index contributed by atoms with van der Waals surface area (Å²) in [6, 6.07) is 17.5. The molecule has 224 valence electrons. The molecular formula is C35H35F3N2O3. The highest BCUT2D eigenvalue weighted by molar-refractivity contribution is 5.97. The largest absolute Gasteiger partial charge is 0.494 e. The van der Waals surface area contributed by atoms with E-state index in [9.17, 15) is 22.8 Å². The van der Waals surface area contributed by atoms with Gasteiger partial charge in [-0.25, -0.2) is 0 Å². The lowest BCUT2D eigenvalue weighted by atomic mass is 9.66. The van der Waals surface area contributed by atoms with Gasteiger partial charge in [0.15, 0.2) is 0 Å². The van der Waals surface area contributed by atoms with Gasteiger partial charge in [-0.05, 0) is 64.8 Å². The van der Waals surface area contributed by atoms with Gasteiger partial charge >= 0.3 is 6.18 Å². The summed E-state index contributed by atoms with van der Waals surface area (Å²) in [5.41, 5.74) is -0.519. The summed E-state index contributed by atoms with van der Waals surface area (Å²) >= 11 is 0. The number of nitriles is 1. The molecule has 2 aliphatic carbocycles. The van der Waals surface area contributed by atoms with Gasteiger partial charge in [0, 0.05) is 30.5 Å². The van der Waals surface area contributed by atoms with Gasteiger partial charge in [-0.2, -0.15) is 18.4 Å². The molecule has 3 aromatic carbocycles. The predicted octanol–water partition coefficient (Wildman–Crippen LogP) is 7.65. The van der Waals surface area contributed by atoms with Crippen molar-refractivity contribution >= 4 is 28.7 Å². The fourth-order valence-corrected chi connectivity index (χ4v) is 7.51. The Morgan fingerprint density at radius 2 is 1.77 bits per heavy atom. The van der Waals surface area contributed by atoms with E-state index in [2.05, 4.69) is 49.9 Å². The number of amides is 1. The molecule has 0 heterocycles. The van der Waals surface area contributed by atoms with E-state index in [4.69, 9.17) is 10.00 Å². The molecule has 1 amide bonds. The van der Waals surface area contributed by atoms with Crippen LogP contribution in [0.4, 0.5) is 18.9 Å². The molecule has 2 saturated carbocycles. The Morgan fingerprint density at radius 1 is 1.12 bits per heavy atom. The number of hydrogen-bond donors (Lipinski definition) is 0. The van der Waals surface area contributed by atoms with Crippen LogP contribution in [0.15, 0.2) is 66.9 Å². The molecule has 3 aromatic rings. The first-order chi connectivity index (χ1) is 20.2. The van der Waals surface area contributed by atoms with Crippen molar-refractivity contribution in [1.29, 1.82) is 5.26 Å². The minimum Gasteiger partial charge on any atom is -0.494 e. The second kappa shape index (κ2) is 10.9. The maximum atomic E-state index is 13.8. The summed E-state index contributed by atoms with van der Waals surface area (Å²) in [4.78, 5) is 27.6. The molecule has 43 heavy (non-hydrogen) atoms. The van der Waals surface area contributed by atoms with Gasteiger partial charge in [0.1, 0.15) is 12.4 Å². The van der Waals surface area contributed by atoms with Crippen molar-refractivity contribution in [2.75, 3.05) is 11.9 Å². The van der Waals surface area contributed by atoms with E-state index in [1.54, 1.807) is 6.07 Å². The number of anilines is 1. The monoisotopic (exact) mass is 588 g/mol. The highest BCUT2D eigenvalue weighted by Crippen LogP contribution is 2.67. The first kappa shape index (κ1) is 30.3. The van der Waals surface area contributed by atoms with Crippen LogP contribution in [0.5, 0.6) is 0 Å².